The van der Waals surface area contributed by atoms with Crippen LogP contribution < -0.4 is 0 Å². The van der Waals surface area contributed by atoms with Crippen molar-refractivity contribution >= 4 is 59.0 Å². The monoisotopic (exact) mass is 544 g/mol. The maximum Gasteiger partial charge on any atom is 0.419 e. The SMILES string of the molecule is CN(C)CC#CCCC1(OC(=O)C(=O)OC2(CCC#CCN(C)C)SCCCS2)SCCCS1. The molecule has 0 aromatic rings. The molecule has 0 aromatic carbocycles. The zero-order valence-electron chi connectivity index (χ0n) is 20.6. The zero-order chi connectivity index (χ0) is 24.9. The summed E-state index contributed by atoms with van der Waals surface area (Å²) in [4.78, 5) is 29.7. The molecular formula is C24H36N2O4S4. The highest BCUT2D eigenvalue weighted by atomic mass is 32.2. The minimum Gasteiger partial charge on any atom is -0.430 e. The second-order valence-corrected chi connectivity index (χ2v) is 14.4. The Kier molecular flexibility index (Phi) is 13.5. The summed E-state index contributed by atoms with van der Waals surface area (Å²) in [6, 6.07) is 0. The summed E-state index contributed by atoms with van der Waals surface area (Å²) >= 11 is 6.36. The van der Waals surface area contributed by atoms with Crippen LogP contribution in [0.4, 0.5) is 0 Å². The van der Waals surface area contributed by atoms with E-state index in [9.17, 15) is 9.59 Å². The van der Waals surface area contributed by atoms with E-state index >= 15 is 0 Å². The first-order valence-electron chi connectivity index (χ1n) is 11.5. The summed E-state index contributed by atoms with van der Waals surface area (Å²) in [5.41, 5.74) is 0. The van der Waals surface area contributed by atoms with Gasteiger partial charge in [0.25, 0.3) is 0 Å². The number of hydrogen-bond acceptors (Lipinski definition) is 10. The lowest BCUT2D eigenvalue weighted by atomic mass is 10.3. The molecule has 2 rings (SSSR count). The van der Waals surface area contributed by atoms with Gasteiger partial charge in [-0.1, -0.05) is 11.8 Å². The van der Waals surface area contributed by atoms with Crippen molar-refractivity contribution in [1.29, 1.82) is 0 Å². The van der Waals surface area contributed by atoms with Gasteiger partial charge in [-0.05, 0) is 64.0 Å². The van der Waals surface area contributed by atoms with E-state index in [0.717, 1.165) is 35.9 Å². The van der Waals surface area contributed by atoms with Crippen LogP contribution in [0.3, 0.4) is 0 Å². The van der Waals surface area contributed by atoms with Crippen molar-refractivity contribution in [1.82, 2.24) is 9.80 Å². The highest BCUT2D eigenvalue weighted by Gasteiger charge is 2.43. The minimum atomic E-state index is -0.909. The summed E-state index contributed by atoms with van der Waals surface area (Å²) < 4.78 is 10.1. The van der Waals surface area contributed by atoms with Crippen molar-refractivity contribution in [2.24, 2.45) is 0 Å². The molecule has 34 heavy (non-hydrogen) atoms. The third kappa shape index (κ3) is 11.0. The number of carbonyl (C=O) groups is 2. The highest BCUT2D eigenvalue weighted by molar-refractivity contribution is 8.19. The predicted octanol–water partition coefficient (Wildman–Crippen LogP) is 3.81. The van der Waals surface area contributed by atoms with E-state index in [1.54, 1.807) is 47.0 Å². The minimum absolute atomic E-state index is 0.581. The first-order valence-corrected chi connectivity index (χ1v) is 15.4. The Morgan fingerprint density at radius 1 is 0.676 bits per heavy atom. The van der Waals surface area contributed by atoms with Gasteiger partial charge >= 0.3 is 11.9 Å². The van der Waals surface area contributed by atoms with E-state index in [0.29, 0.717) is 38.8 Å². The van der Waals surface area contributed by atoms with Crippen LogP contribution in [0.2, 0.25) is 0 Å². The third-order valence-corrected chi connectivity index (χ3v) is 11.0. The lowest BCUT2D eigenvalue weighted by Gasteiger charge is -2.36. The molecule has 0 aromatic heterocycles. The molecule has 2 fully saturated rings. The molecule has 190 valence electrons. The van der Waals surface area contributed by atoms with Crippen molar-refractivity contribution in [2.75, 3.05) is 64.3 Å². The van der Waals surface area contributed by atoms with Crippen LogP contribution in [0.5, 0.6) is 0 Å². The van der Waals surface area contributed by atoms with Crippen LogP contribution in [0.1, 0.15) is 38.5 Å². The molecule has 0 radical (unpaired) electrons. The van der Waals surface area contributed by atoms with Crippen LogP contribution in [0, 0.1) is 23.7 Å². The fraction of sp³-hybridized carbons (Fsp3) is 0.750. The molecule has 0 saturated carbocycles. The topological polar surface area (TPSA) is 59.1 Å². The lowest BCUT2D eigenvalue weighted by Crippen LogP contribution is -2.39. The van der Waals surface area contributed by atoms with Gasteiger partial charge in [0, 0.05) is 25.7 Å². The average Bonchev–Trinajstić information content (AvgIpc) is 2.79. The molecule has 0 atom stereocenters. The number of hydrogen-bond donors (Lipinski definition) is 0. The van der Waals surface area contributed by atoms with Crippen LogP contribution in [-0.4, -0.2) is 94.6 Å². The third-order valence-electron chi connectivity index (χ3n) is 4.68. The van der Waals surface area contributed by atoms with Gasteiger partial charge in [-0.25, -0.2) is 9.59 Å². The van der Waals surface area contributed by atoms with E-state index in [1.807, 2.05) is 38.0 Å². The molecule has 0 amide bonds. The highest BCUT2D eigenvalue weighted by Crippen LogP contribution is 2.48. The Bertz CT molecular complexity index is 720. The molecular weight excluding hydrogens is 509 g/mol. The molecule has 0 bridgehead atoms. The first kappa shape index (κ1) is 29.6. The molecule has 0 spiro atoms. The molecule has 2 aliphatic heterocycles. The maximum atomic E-state index is 12.8. The number of thioether (sulfide) groups is 4. The van der Waals surface area contributed by atoms with Gasteiger partial charge in [0.1, 0.15) is 0 Å². The van der Waals surface area contributed by atoms with E-state index in [1.165, 1.54) is 0 Å². The van der Waals surface area contributed by atoms with Crippen molar-refractivity contribution in [2.45, 2.75) is 47.1 Å². The van der Waals surface area contributed by atoms with E-state index in [-0.39, 0.29) is 0 Å². The molecule has 0 N–H and O–H groups in total. The van der Waals surface area contributed by atoms with E-state index < -0.39 is 20.5 Å². The second-order valence-electron chi connectivity index (χ2n) is 8.43. The summed E-state index contributed by atoms with van der Waals surface area (Å²) in [7, 11) is 7.90. The Morgan fingerprint density at radius 3 is 1.35 bits per heavy atom. The lowest BCUT2D eigenvalue weighted by molar-refractivity contribution is -0.171. The number of carbonyl (C=O) groups excluding carboxylic acids is 2. The van der Waals surface area contributed by atoms with E-state index in [2.05, 4.69) is 23.7 Å². The molecule has 0 aliphatic carbocycles. The fourth-order valence-electron chi connectivity index (χ4n) is 3.02. The van der Waals surface area contributed by atoms with Gasteiger partial charge in [0.05, 0.1) is 13.1 Å². The number of ether oxygens (including phenoxy) is 2. The van der Waals surface area contributed by atoms with E-state index in [4.69, 9.17) is 9.47 Å². The van der Waals surface area contributed by atoms with Crippen LogP contribution in [0.25, 0.3) is 0 Å². The van der Waals surface area contributed by atoms with Gasteiger partial charge in [-0.2, -0.15) is 0 Å². The number of nitrogens with zero attached hydrogens (tertiary/aromatic N) is 2. The summed E-state index contributed by atoms with van der Waals surface area (Å²) in [5, 5.41) is 0. The normalized spacial score (nSPS) is 18.9. The van der Waals surface area contributed by atoms with Gasteiger partial charge in [-0.3, -0.25) is 9.80 Å². The van der Waals surface area contributed by atoms with Gasteiger partial charge in [0.2, 0.25) is 8.53 Å². The molecule has 10 heteroatoms. The predicted molar refractivity (Wildman–Crippen MR) is 148 cm³/mol. The molecule has 2 aliphatic rings. The molecule has 2 heterocycles. The summed E-state index contributed by atoms with van der Waals surface area (Å²) in [5.74, 6) is 14.3. The Hall–Kier alpha value is -0.620. The van der Waals surface area contributed by atoms with Crippen LogP contribution in [-0.2, 0) is 19.1 Å². The van der Waals surface area contributed by atoms with Gasteiger partial charge in [-0.15, -0.1) is 58.9 Å². The Morgan fingerprint density at radius 2 is 1.03 bits per heavy atom. The van der Waals surface area contributed by atoms with Gasteiger partial charge < -0.3 is 9.47 Å². The van der Waals surface area contributed by atoms with Crippen LogP contribution >= 0.6 is 47.0 Å². The molecule has 6 nitrogen and oxygen atoms in total. The van der Waals surface area contributed by atoms with Crippen LogP contribution in [0.15, 0.2) is 0 Å². The number of rotatable bonds is 8. The van der Waals surface area contributed by atoms with Crippen molar-refractivity contribution < 1.29 is 19.1 Å². The summed E-state index contributed by atoms with van der Waals surface area (Å²) in [6.07, 6.45) is 4.48. The van der Waals surface area contributed by atoms with Gasteiger partial charge in [0.15, 0.2) is 0 Å². The quantitative estimate of drug-likeness (QED) is 0.256. The standard InChI is InChI=1S/C24H36N2O4S4/c1-25(2)15-9-5-7-13-23(31-17-11-18-32-23)29-21(27)22(28)30-24(33-19-12-20-34-24)14-8-6-10-16-26(3)4/h7-8,11-20H2,1-4H3. The molecule has 2 saturated heterocycles. The smallest absolute Gasteiger partial charge is 0.419 e. The summed E-state index contributed by atoms with van der Waals surface area (Å²) in [6.45, 7) is 1.38. The van der Waals surface area contributed by atoms with Crippen molar-refractivity contribution in [3.05, 3.63) is 0 Å². The first-order chi connectivity index (χ1) is 16.3. The maximum absolute atomic E-state index is 12.8. The Balaban J connectivity index is 1.98. The van der Waals surface area contributed by atoms with Crippen molar-refractivity contribution in [3.63, 3.8) is 0 Å². The molecule has 0 unspecified atom stereocenters. The largest absolute Gasteiger partial charge is 0.430 e. The second kappa shape index (κ2) is 15.5. The zero-order valence-corrected chi connectivity index (χ0v) is 23.9. The fourth-order valence-corrected chi connectivity index (χ4v) is 8.98. The van der Waals surface area contributed by atoms with Crippen molar-refractivity contribution in [3.8, 4) is 23.7 Å². The average molecular weight is 545 g/mol. The Labute approximate surface area is 222 Å². The number of esters is 2.